The lowest BCUT2D eigenvalue weighted by Crippen LogP contribution is -2.41. The third kappa shape index (κ3) is 4.49. The normalized spacial score (nSPS) is 18.4. The summed E-state index contributed by atoms with van der Waals surface area (Å²) in [7, 11) is 0. The Bertz CT molecular complexity index is 455. The van der Waals surface area contributed by atoms with E-state index in [1.165, 1.54) is 0 Å². The van der Waals surface area contributed by atoms with Crippen LogP contribution in [0.15, 0.2) is 30.3 Å². The third-order valence-corrected chi connectivity index (χ3v) is 3.99. The van der Waals surface area contributed by atoms with Crippen LogP contribution in [-0.2, 0) is 11.3 Å². The maximum atomic E-state index is 13.2. The van der Waals surface area contributed by atoms with Crippen molar-refractivity contribution in [3.05, 3.63) is 35.9 Å². The minimum Gasteiger partial charge on any atom is -0.337 e. The Hall–Kier alpha value is -1.49. The van der Waals surface area contributed by atoms with E-state index in [0.717, 1.165) is 5.56 Å². The van der Waals surface area contributed by atoms with Crippen LogP contribution in [0.1, 0.15) is 31.2 Å². The van der Waals surface area contributed by atoms with Crippen LogP contribution < -0.4 is 5.73 Å². The maximum absolute atomic E-state index is 13.2. The van der Waals surface area contributed by atoms with Gasteiger partial charge in [-0.2, -0.15) is 0 Å². The second-order valence-corrected chi connectivity index (χ2v) is 5.66. The van der Waals surface area contributed by atoms with Gasteiger partial charge in [0, 0.05) is 38.4 Å². The summed E-state index contributed by atoms with van der Waals surface area (Å²) < 4.78 is 26.4. The average Bonchev–Trinajstić information content (AvgIpc) is 2.47. The molecule has 0 atom stereocenters. The summed E-state index contributed by atoms with van der Waals surface area (Å²) in [6.45, 7) is 1.33. The van der Waals surface area contributed by atoms with E-state index in [1.54, 1.807) is 4.90 Å². The van der Waals surface area contributed by atoms with Crippen molar-refractivity contribution >= 4 is 5.91 Å². The minimum absolute atomic E-state index is 0.0418. The standard InChI is InChI=1S/C16H22F2N2O/c17-16(18)8-6-14(7-9-16)15(21)20(11-10-19)12-13-4-2-1-3-5-13/h1-5,14H,6-12,19H2. The molecule has 1 saturated carbocycles. The van der Waals surface area contributed by atoms with E-state index in [0.29, 0.717) is 19.6 Å². The molecule has 0 bridgehead atoms. The predicted molar refractivity (Wildman–Crippen MR) is 77.8 cm³/mol. The fourth-order valence-electron chi connectivity index (χ4n) is 2.77. The molecule has 0 spiro atoms. The topological polar surface area (TPSA) is 46.3 Å². The summed E-state index contributed by atoms with van der Waals surface area (Å²) in [4.78, 5) is 14.2. The summed E-state index contributed by atoms with van der Waals surface area (Å²) in [6.07, 6.45) is 0.153. The number of amides is 1. The summed E-state index contributed by atoms with van der Waals surface area (Å²) in [5.41, 5.74) is 6.61. The Kier molecular flexibility index (Phi) is 5.28. The summed E-state index contributed by atoms with van der Waals surface area (Å²) in [5, 5.41) is 0. The zero-order valence-electron chi connectivity index (χ0n) is 12.1. The second-order valence-electron chi connectivity index (χ2n) is 5.66. The van der Waals surface area contributed by atoms with Crippen molar-refractivity contribution in [3.63, 3.8) is 0 Å². The molecule has 1 aliphatic rings. The first-order valence-electron chi connectivity index (χ1n) is 7.42. The van der Waals surface area contributed by atoms with E-state index in [2.05, 4.69) is 0 Å². The van der Waals surface area contributed by atoms with Crippen molar-refractivity contribution in [1.82, 2.24) is 4.90 Å². The van der Waals surface area contributed by atoms with E-state index >= 15 is 0 Å². The SMILES string of the molecule is NCCN(Cc1ccccc1)C(=O)C1CCC(F)(F)CC1. The Labute approximate surface area is 124 Å². The molecule has 0 saturated heterocycles. The van der Waals surface area contributed by atoms with Gasteiger partial charge in [-0.1, -0.05) is 30.3 Å². The smallest absolute Gasteiger partial charge is 0.248 e. The van der Waals surface area contributed by atoms with Crippen LogP contribution >= 0.6 is 0 Å². The van der Waals surface area contributed by atoms with E-state index < -0.39 is 5.92 Å². The fraction of sp³-hybridized carbons (Fsp3) is 0.562. The zero-order valence-corrected chi connectivity index (χ0v) is 12.1. The van der Waals surface area contributed by atoms with Crippen molar-refractivity contribution in [3.8, 4) is 0 Å². The molecule has 3 nitrogen and oxygen atoms in total. The molecule has 0 heterocycles. The van der Waals surface area contributed by atoms with Gasteiger partial charge in [-0.25, -0.2) is 8.78 Å². The number of nitrogens with two attached hydrogens (primary N) is 1. The molecular weight excluding hydrogens is 274 g/mol. The number of rotatable bonds is 5. The van der Waals surface area contributed by atoms with Gasteiger partial charge in [0.1, 0.15) is 0 Å². The number of halogens is 2. The van der Waals surface area contributed by atoms with Crippen LogP contribution in [0.5, 0.6) is 0 Å². The van der Waals surface area contributed by atoms with Gasteiger partial charge in [-0.3, -0.25) is 4.79 Å². The van der Waals surface area contributed by atoms with Gasteiger partial charge < -0.3 is 10.6 Å². The highest BCUT2D eigenvalue weighted by atomic mass is 19.3. The van der Waals surface area contributed by atoms with Gasteiger partial charge in [-0.05, 0) is 18.4 Å². The first-order valence-corrected chi connectivity index (χ1v) is 7.42. The van der Waals surface area contributed by atoms with Crippen molar-refractivity contribution in [2.45, 2.75) is 38.2 Å². The molecule has 0 aliphatic heterocycles. The van der Waals surface area contributed by atoms with Crippen molar-refractivity contribution < 1.29 is 13.6 Å². The van der Waals surface area contributed by atoms with Gasteiger partial charge in [0.15, 0.2) is 0 Å². The van der Waals surface area contributed by atoms with Crippen molar-refractivity contribution in [1.29, 1.82) is 0 Å². The number of nitrogens with zero attached hydrogens (tertiary/aromatic N) is 1. The van der Waals surface area contributed by atoms with Crippen LogP contribution in [0, 0.1) is 5.92 Å². The highest BCUT2D eigenvalue weighted by Crippen LogP contribution is 2.36. The van der Waals surface area contributed by atoms with Crippen LogP contribution in [0.2, 0.25) is 0 Å². The predicted octanol–water partition coefficient (Wildman–Crippen LogP) is 2.80. The molecule has 1 aromatic carbocycles. The summed E-state index contributed by atoms with van der Waals surface area (Å²) in [6, 6.07) is 9.66. The van der Waals surface area contributed by atoms with Gasteiger partial charge >= 0.3 is 0 Å². The molecule has 2 N–H and O–H groups in total. The first-order chi connectivity index (χ1) is 10.0. The molecule has 1 fully saturated rings. The molecule has 116 valence electrons. The average molecular weight is 296 g/mol. The quantitative estimate of drug-likeness (QED) is 0.908. The number of hydrogen-bond donors (Lipinski definition) is 1. The molecule has 0 radical (unpaired) electrons. The van der Waals surface area contributed by atoms with Crippen LogP contribution in [0.25, 0.3) is 0 Å². The monoisotopic (exact) mass is 296 g/mol. The molecule has 2 rings (SSSR count). The van der Waals surface area contributed by atoms with Crippen LogP contribution in [0.3, 0.4) is 0 Å². The Morgan fingerprint density at radius 2 is 1.86 bits per heavy atom. The van der Waals surface area contributed by atoms with Gasteiger partial charge in [0.25, 0.3) is 0 Å². The van der Waals surface area contributed by atoms with E-state index in [9.17, 15) is 13.6 Å². The Morgan fingerprint density at radius 1 is 1.24 bits per heavy atom. The van der Waals surface area contributed by atoms with Crippen molar-refractivity contribution in [2.75, 3.05) is 13.1 Å². The highest BCUT2D eigenvalue weighted by Gasteiger charge is 2.38. The van der Waals surface area contributed by atoms with E-state index in [1.807, 2.05) is 30.3 Å². The Morgan fingerprint density at radius 3 is 2.43 bits per heavy atom. The maximum Gasteiger partial charge on any atom is 0.248 e. The summed E-state index contributed by atoms with van der Waals surface area (Å²) in [5.74, 6) is -2.94. The number of carbonyl (C=O) groups excluding carboxylic acids is 1. The molecule has 21 heavy (non-hydrogen) atoms. The molecule has 0 aromatic heterocycles. The number of alkyl halides is 2. The highest BCUT2D eigenvalue weighted by molar-refractivity contribution is 5.79. The molecular formula is C16H22F2N2O. The van der Waals surface area contributed by atoms with Gasteiger partial charge in [-0.15, -0.1) is 0 Å². The minimum atomic E-state index is -2.60. The molecule has 1 aromatic rings. The lowest BCUT2D eigenvalue weighted by molar-refractivity contribution is -0.140. The Balaban J connectivity index is 1.99. The molecule has 1 amide bonds. The van der Waals surface area contributed by atoms with Crippen LogP contribution in [-0.4, -0.2) is 29.8 Å². The lowest BCUT2D eigenvalue weighted by atomic mass is 9.86. The molecule has 0 unspecified atom stereocenters. The lowest BCUT2D eigenvalue weighted by Gasteiger charge is -2.32. The van der Waals surface area contributed by atoms with Gasteiger partial charge in [0.05, 0.1) is 0 Å². The number of benzene rings is 1. The molecule has 5 heteroatoms. The van der Waals surface area contributed by atoms with Gasteiger partial charge in [0.2, 0.25) is 11.8 Å². The van der Waals surface area contributed by atoms with E-state index in [4.69, 9.17) is 5.73 Å². The summed E-state index contributed by atoms with van der Waals surface area (Å²) >= 11 is 0. The fourth-order valence-corrected chi connectivity index (χ4v) is 2.77. The largest absolute Gasteiger partial charge is 0.337 e. The van der Waals surface area contributed by atoms with Crippen LogP contribution in [0.4, 0.5) is 8.78 Å². The molecule has 1 aliphatic carbocycles. The van der Waals surface area contributed by atoms with Crippen molar-refractivity contribution in [2.24, 2.45) is 11.7 Å². The number of hydrogen-bond acceptors (Lipinski definition) is 2. The van der Waals surface area contributed by atoms with E-state index in [-0.39, 0.29) is 37.5 Å². The second kappa shape index (κ2) is 6.98. The third-order valence-electron chi connectivity index (χ3n) is 3.99. The zero-order chi connectivity index (χ0) is 15.3. The first kappa shape index (κ1) is 15.9. The number of carbonyl (C=O) groups is 1.